The molecule has 2 fully saturated rings. The fraction of sp³-hybridized carbons (Fsp3) is 0.389. The summed E-state index contributed by atoms with van der Waals surface area (Å²) in [6.07, 6.45) is 2.78. The van der Waals surface area contributed by atoms with E-state index in [1.165, 1.54) is 5.56 Å². The minimum Gasteiger partial charge on any atom is -0.393 e. The molecule has 1 aliphatic carbocycles. The van der Waals surface area contributed by atoms with Gasteiger partial charge in [-0.15, -0.1) is 0 Å². The fourth-order valence-electron chi connectivity index (χ4n) is 3.66. The summed E-state index contributed by atoms with van der Waals surface area (Å²) in [6.45, 7) is 3.18. The van der Waals surface area contributed by atoms with Gasteiger partial charge in [-0.2, -0.15) is 0 Å². The highest BCUT2D eigenvalue weighted by molar-refractivity contribution is 5.58. The molecule has 21 heavy (non-hydrogen) atoms. The highest BCUT2D eigenvalue weighted by Gasteiger charge is 2.45. The monoisotopic (exact) mass is 280 g/mol. The van der Waals surface area contributed by atoms with E-state index in [2.05, 4.69) is 34.1 Å². The summed E-state index contributed by atoms with van der Waals surface area (Å²) in [5.74, 6) is 1.26. The second-order valence-electron chi connectivity index (χ2n) is 6.33. The Balaban J connectivity index is 1.43. The van der Waals surface area contributed by atoms with Gasteiger partial charge in [0.25, 0.3) is 0 Å². The number of hydrogen-bond acceptors (Lipinski definition) is 3. The van der Waals surface area contributed by atoms with Crippen LogP contribution in [0.4, 0.5) is 0 Å². The van der Waals surface area contributed by atoms with Crippen LogP contribution in [0.2, 0.25) is 0 Å². The van der Waals surface area contributed by atoms with Crippen LogP contribution in [0, 0.1) is 11.8 Å². The topological polar surface area (TPSA) is 36.4 Å². The molecule has 2 aliphatic rings. The Hall–Kier alpha value is -1.71. The highest BCUT2D eigenvalue weighted by Crippen LogP contribution is 2.41. The minimum atomic E-state index is -0.0495. The van der Waals surface area contributed by atoms with Gasteiger partial charge < -0.3 is 5.11 Å². The van der Waals surface area contributed by atoms with E-state index in [-0.39, 0.29) is 6.10 Å². The van der Waals surface area contributed by atoms with Crippen molar-refractivity contribution >= 4 is 0 Å². The van der Waals surface area contributed by atoms with Crippen molar-refractivity contribution in [3.05, 3.63) is 54.2 Å². The first-order valence-electron chi connectivity index (χ1n) is 7.70. The zero-order chi connectivity index (χ0) is 14.2. The third-order valence-corrected chi connectivity index (χ3v) is 4.93. The fourth-order valence-corrected chi connectivity index (χ4v) is 3.66. The van der Waals surface area contributed by atoms with Gasteiger partial charge in [0.1, 0.15) is 0 Å². The van der Waals surface area contributed by atoms with Gasteiger partial charge in [-0.05, 0) is 30.0 Å². The number of likely N-dealkylation sites (tertiary alicyclic amines) is 1. The molecule has 3 heteroatoms. The summed E-state index contributed by atoms with van der Waals surface area (Å²) in [4.78, 5) is 6.85. The number of nitrogens with zero attached hydrogens (tertiary/aromatic N) is 2. The van der Waals surface area contributed by atoms with Gasteiger partial charge >= 0.3 is 0 Å². The van der Waals surface area contributed by atoms with Crippen molar-refractivity contribution in [1.82, 2.24) is 9.88 Å². The van der Waals surface area contributed by atoms with Gasteiger partial charge in [-0.3, -0.25) is 9.88 Å². The average Bonchev–Trinajstić information content (AvgIpc) is 2.85. The predicted molar refractivity (Wildman–Crippen MR) is 82.6 cm³/mol. The minimum absolute atomic E-state index is 0.0495. The SMILES string of the molecule is O[C@@H]1C[C@@H]2CN(Cc3ccc(-c4ccccn4)cc3)C[C@@H]21. The Morgan fingerprint density at radius 1 is 1.10 bits per heavy atom. The van der Waals surface area contributed by atoms with Crippen molar-refractivity contribution in [3.63, 3.8) is 0 Å². The molecule has 0 bridgehead atoms. The van der Waals surface area contributed by atoms with Crippen molar-refractivity contribution in [2.24, 2.45) is 11.8 Å². The first-order valence-corrected chi connectivity index (χ1v) is 7.70. The molecular weight excluding hydrogens is 260 g/mol. The van der Waals surface area contributed by atoms with Gasteiger partial charge in [0, 0.05) is 37.3 Å². The number of pyridine rings is 1. The molecule has 108 valence electrons. The van der Waals surface area contributed by atoms with Gasteiger partial charge in [0.2, 0.25) is 0 Å². The van der Waals surface area contributed by atoms with E-state index in [9.17, 15) is 5.11 Å². The van der Waals surface area contributed by atoms with Crippen LogP contribution in [0.15, 0.2) is 48.7 Å². The number of benzene rings is 1. The normalized spacial score (nSPS) is 28.1. The first kappa shape index (κ1) is 13.0. The van der Waals surface area contributed by atoms with Crippen LogP contribution < -0.4 is 0 Å². The second kappa shape index (κ2) is 5.24. The quantitative estimate of drug-likeness (QED) is 0.938. The summed E-state index contributed by atoms with van der Waals surface area (Å²) >= 11 is 0. The highest BCUT2D eigenvalue weighted by atomic mass is 16.3. The van der Waals surface area contributed by atoms with Gasteiger partial charge in [-0.1, -0.05) is 30.3 Å². The molecule has 3 atom stereocenters. The third kappa shape index (κ3) is 2.47. The maximum Gasteiger partial charge on any atom is 0.0701 e. The molecule has 0 amide bonds. The molecule has 0 radical (unpaired) electrons. The molecule has 2 heterocycles. The van der Waals surface area contributed by atoms with Gasteiger partial charge in [0.15, 0.2) is 0 Å². The Morgan fingerprint density at radius 3 is 2.62 bits per heavy atom. The lowest BCUT2D eigenvalue weighted by atomic mass is 9.74. The van der Waals surface area contributed by atoms with Crippen LogP contribution in [-0.2, 0) is 6.54 Å². The zero-order valence-electron chi connectivity index (χ0n) is 12.0. The number of aromatic nitrogens is 1. The standard InChI is InChI=1S/C18H20N2O/c21-18-9-15-11-20(12-16(15)18)10-13-4-6-14(7-5-13)17-3-1-2-8-19-17/h1-8,15-16,18,21H,9-12H2/t15-,16+,18-/m1/s1. The zero-order valence-corrected chi connectivity index (χ0v) is 12.0. The van der Waals surface area contributed by atoms with Gasteiger partial charge in [0.05, 0.1) is 11.8 Å². The first-order chi connectivity index (χ1) is 10.3. The van der Waals surface area contributed by atoms with Gasteiger partial charge in [-0.25, -0.2) is 0 Å². The van der Waals surface area contributed by atoms with E-state index in [0.717, 1.165) is 43.2 Å². The summed E-state index contributed by atoms with van der Waals surface area (Å²) < 4.78 is 0. The smallest absolute Gasteiger partial charge is 0.0701 e. The van der Waals surface area contributed by atoms with E-state index in [1.54, 1.807) is 0 Å². The molecule has 1 aromatic carbocycles. The van der Waals surface area contributed by atoms with Crippen molar-refractivity contribution in [2.75, 3.05) is 13.1 Å². The summed E-state index contributed by atoms with van der Waals surface area (Å²) in [5, 5.41) is 9.73. The number of rotatable bonds is 3. The number of fused-ring (bicyclic) bond motifs is 1. The van der Waals surface area contributed by atoms with E-state index in [0.29, 0.717) is 5.92 Å². The third-order valence-electron chi connectivity index (χ3n) is 4.93. The molecule has 1 N–H and O–H groups in total. The van der Waals surface area contributed by atoms with Crippen LogP contribution in [-0.4, -0.2) is 34.2 Å². The molecule has 1 saturated carbocycles. The molecule has 2 aromatic rings. The predicted octanol–water partition coefficient (Wildman–Crippen LogP) is 2.56. The number of aliphatic hydroxyl groups excluding tert-OH is 1. The lowest BCUT2D eigenvalue weighted by Gasteiger charge is -2.35. The Kier molecular flexibility index (Phi) is 3.24. The lowest BCUT2D eigenvalue weighted by Crippen LogP contribution is -2.39. The van der Waals surface area contributed by atoms with Crippen LogP contribution in [0.25, 0.3) is 11.3 Å². The van der Waals surface area contributed by atoms with Crippen molar-refractivity contribution in [1.29, 1.82) is 0 Å². The number of aliphatic hydroxyl groups is 1. The lowest BCUT2D eigenvalue weighted by molar-refractivity contribution is -0.00435. The molecule has 1 aliphatic heterocycles. The van der Waals surface area contributed by atoms with E-state index >= 15 is 0 Å². The van der Waals surface area contributed by atoms with E-state index < -0.39 is 0 Å². The molecular formula is C18H20N2O. The van der Waals surface area contributed by atoms with Crippen LogP contribution in [0.1, 0.15) is 12.0 Å². The Morgan fingerprint density at radius 2 is 1.95 bits per heavy atom. The Labute approximate surface area is 125 Å². The van der Waals surface area contributed by atoms with E-state index in [1.807, 2.05) is 24.4 Å². The maximum atomic E-state index is 9.73. The van der Waals surface area contributed by atoms with Crippen molar-refractivity contribution in [3.8, 4) is 11.3 Å². The molecule has 1 aromatic heterocycles. The van der Waals surface area contributed by atoms with Crippen molar-refractivity contribution < 1.29 is 5.11 Å². The van der Waals surface area contributed by atoms with Crippen LogP contribution in [0.5, 0.6) is 0 Å². The largest absolute Gasteiger partial charge is 0.393 e. The summed E-state index contributed by atoms with van der Waals surface area (Å²) in [5.41, 5.74) is 3.52. The van der Waals surface area contributed by atoms with Crippen LogP contribution in [0.3, 0.4) is 0 Å². The van der Waals surface area contributed by atoms with E-state index in [4.69, 9.17) is 0 Å². The van der Waals surface area contributed by atoms with Crippen molar-refractivity contribution in [2.45, 2.75) is 19.1 Å². The summed E-state index contributed by atoms with van der Waals surface area (Å²) in [6, 6.07) is 14.7. The molecule has 3 nitrogen and oxygen atoms in total. The average molecular weight is 280 g/mol. The molecule has 0 spiro atoms. The number of hydrogen-bond donors (Lipinski definition) is 1. The Bertz CT molecular complexity index is 611. The molecule has 0 unspecified atom stereocenters. The second-order valence-corrected chi connectivity index (χ2v) is 6.33. The maximum absolute atomic E-state index is 9.73. The molecule has 1 saturated heterocycles. The van der Waals surface area contributed by atoms with Crippen LogP contribution >= 0.6 is 0 Å². The summed E-state index contributed by atoms with van der Waals surface area (Å²) in [7, 11) is 0. The molecule has 4 rings (SSSR count).